The Morgan fingerprint density at radius 2 is 1.61 bits per heavy atom. The number of nitrogens with zero attached hydrogens (tertiary/aromatic N) is 1. The van der Waals surface area contributed by atoms with Crippen LogP contribution in [0.3, 0.4) is 0 Å². The van der Waals surface area contributed by atoms with Crippen LogP contribution in [0.2, 0.25) is 0 Å². The van der Waals surface area contributed by atoms with Gasteiger partial charge in [-0.15, -0.1) is 0 Å². The number of allylic oxidation sites excluding steroid dienone is 1. The lowest BCUT2D eigenvalue weighted by Gasteiger charge is -2.38. The molecular weight excluding hydrogens is 358 g/mol. The van der Waals surface area contributed by atoms with E-state index in [0.717, 1.165) is 0 Å². The Bertz CT molecular complexity index is 857. The molecule has 2 aromatic rings. The summed E-state index contributed by atoms with van der Waals surface area (Å²) in [4.78, 5) is 24.6. The van der Waals surface area contributed by atoms with Crippen LogP contribution in [0.1, 0.15) is 25.0 Å². The van der Waals surface area contributed by atoms with Crippen LogP contribution in [-0.2, 0) is 14.9 Å². The number of rotatable bonds is 5. The normalized spacial score (nSPS) is 18.1. The van der Waals surface area contributed by atoms with Gasteiger partial charge in [-0.1, -0.05) is 60.7 Å². The molecule has 2 aromatic carbocycles. The second kappa shape index (κ2) is 7.74. The molecular formula is C21H23N3O4. The molecule has 3 rings (SSSR count). The van der Waals surface area contributed by atoms with E-state index in [1.165, 1.54) is 5.01 Å². The van der Waals surface area contributed by atoms with Crippen LogP contribution in [0.4, 0.5) is 4.79 Å². The van der Waals surface area contributed by atoms with E-state index in [2.05, 4.69) is 5.43 Å². The van der Waals surface area contributed by atoms with Gasteiger partial charge in [0.1, 0.15) is 5.41 Å². The molecule has 0 unspecified atom stereocenters. The summed E-state index contributed by atoms with van der Waals surface area (Å²) in [6.45, 7) is 3.53. The number of carbonyl (C=O) groups is 2. The first kappa shape index (κ1) is 19.4. The Morgan fingerprint density at radius 3 is 2.04 bits per heavy atom. The van der Waals surface area contributed by atoms with Crippen LogP contribution in [0.5, 0.6) is 0 Å². The molecule has 0 fully saturated rings. The van der Waals surface area contributed by atoms with E-state index in [0.29, 0.717) is 16.8 Å². The molecule has 1 heterocycles. The fourth-order valence-corrected chi connectivity index (χ4v) is 3.84. The number of hydrazine groups is 1. The van der Waals surface area contributed by atoms with Crippen LogP contribution in [-0.4, -0.2) is 35.0 Å². The van der Waals surface area contributed by atoms with Crippen molar-refractivity contribution >= 4 is 12.0 Å². The van der Waals surface area contributed by atoms with Gasteiger partial charge in [-0.05, 0) is 25.0 Å². The zero-order valence-corrected chi connectivity index (χ0v) is 15.8. The van der Waals surface area contributed by atoms with E-state index < -0.39 is 23.6 Å². The van der Waals surface area contributed by atoms with Gasteiger partial charge < -0.3 is 15.6 Å². The van der Waals surface area contributed by atoms with Gasteiger partial charge in [0, 0.05) is 5.70 Å². The number of esters is 1. The van der Waals surface area contributed by atoms with Crippen molar-refractivity contribution in [2.75, 3.05) is 6.61 Å². The van der Waals surface area contributed by atoms with Crippen molar-refractivity contribution in [1.82, 2.24) is 10.4 Å². The van der Waals surface area contributed by atoms with Gasteiger partial charge in [-0.2, -0.15) is 0 Å². The van der Waals surface area contributed by atoms with Gasteiger partial charge in [0.05, 0.1) is 12.2 Å². The van der Waals surface area contributed by atoms with E-state index in [1.807, 2.05) is 60.7 Å². The van der Waals surface area contributed by atoms with Crippen molar-refractivity contribution in [2.45, 2.75) is 25.5 Å². The zero-order chi connectivity index (χ0) is 20.3. The number of carbonyl (C=O) groups excluding carboxylic acids is 2. The summed E-state index contributed by atoms with van der Waals surface area (Å²) in [7, 11) is 0. The molecule has 0 aromatic heterocycles. The maximum atomic E-state index is 13.0. The maximum Gasteiger partial charge on any atom is 0.337 e. The summed E-state index contributed by atoms with van der Waals surface area (Å²) < 4.78 is 5.32. The number of aliphatic hydroxyl groups excluding tert-OH is 1. The zero-order valence-electron chi connectivity index (χ0n) is 15.8. The summed E-state index contributed by atoms with van der Waals surface area (Å²) in [5.74, 6) is -0.569. The Morgan fingerprint density at radius 1 is 1.11 bits per heavy atom. The number of ether oxygens (including phenoxy) is 1. The standard InChI is InChI=1S/C21H23N3O4/c1-3-28-18(25)17-14(2)24(23-20(22)27)19(26)21(17,15-10-6-4-7-11-15)16-12-8-5-9-13-16/h4-13,19,26H,3H2,1-2H3,(H3,22,23,27)/t19-/m1/s1. The van der Waals surface area contributed by atoms with Crippen LogP contribution >= 0.6 is 0 Å². The summed E-state index contributed by atoms with van der Waals surface area (Å²) in [6, 6.07) is 17.5. The molecule has 0 saturated carbocycles. The molecule has 0 bridgehead atoms. The third-order valence-electron chi connectivity index (χ3n) is 4.92. The third-order valence-corrected chi connectivity index (χ3v) is 4.92. The maximum absolute atomic E-state index is 13.0. The topological polar surface area (TPSA) is 105 Å². The van der Waals surface area contributed by atoms with Gasteiger partial charge >= 0.3 is 12.0 Å². The van der Waals surface area contributed by atoms with Gasteiger partial charge in [-0.3, -0.25) is 5.01 Å². The summed E-state index contributed by atoms with van der Waals surface area (Å²) >= 11 is 0. The van der Waals surface area contributed by atoms with E-state index in [-0.39, 0.29) is 12.2 Å². The fourth-order valence-electron chi connectivity index (χ4n) is 3.84. The van der Waals surface area contributed by atoms with Crippen LogP contribution in [0.15, 0.2) is 71.9 Å². The SMILES string of the molecule is CCOC(=O)C1=C(C)N(NC(N)=O)[C@H](O)C1(c1ccccc1)c1ccccc1. The summed E-state index contributed by atoms with van der Waals surface area (Å²) in [5.41, 5.74) is 8.42. The average molecular weight is 381 g/mol. The lowest BCUT2D eigenvalue weighted by atomic mass is 9.69. The Labute approximate surface area is 163 Å². The number of nitrogens with two attached hydrogens (primary N) is 1. The predicted molar refractivity (Wildman–Crippen MR) is 104 cm³/mol. The van der Waals surface area contributed by atoms with Crippen LogP contribution < -0.4 is 11.2 Å². The number of hydrogen-bond donors (Lipinski definition) is 3. The highest BCUT2D eigenvalue weighted by molar-refractivity contribution is 5.95. The van der Waals surface area contributed by atoms with Crippen LogP contribution in [0, 0.1) is 0 Å². The third kappa shape index (κ3) is 2.99. The molecule has 0 radical (unpaired) electrons. The van der Waals surface area contributed by atoms with E-state index in [1.54, 1.807) is 13.8 Å². The second-order valence-corrected chi connectivity index (χ2v) is 6.44. The molecule has 1 aliphatic rings. The number of aliphatic hydroxyl groups is 1. The summed E-state index contributed by atoms with van der Waals surface area (Å²) in [6.07, 6.45) is -1.32. The largest absolute Gasteiger partial charge is 0.463 e. The molecule has 1 atom stereocenters. The second-order valence-electron chi connectivity index (χ2n) is 6.44. The number of amides is 2. The smallest absolute Gasteiger partial charge is 0.337 e. The number of benzene rings is 2. The molecule has 28 heavy (non-hydrogen) atoms. The molecule has 4 N–H and O–H groups in total. The minimum absolute atomic E-state index is 0.175. The lowest BCUT2D eigenvalue weighted by molar-refractivity contribution is -0.139. The molecule has 7 nitrogen and oxygen atoms in total. The molecule has 1 aliphatic heterocycles. The average Bonchev–Trinajstić information content (AvgIpc) is 2.91. The molecule has 0 saturated heterocycles. The Balaban J connectivity index is 2.35. The number of hydrogen-bond acceptors (Lipinski definition) is 5. The predicted octanol–water partition coefficient (Wildman–Crippen LogP) is 2.03. The van der Waals surface area contributed by atoms with E-state index in [4.69, 9.17) is 10.5 Å². The van der Waals surface area contributed by atoms with Crippen molar-refractivity contribution in [3.8, 4) is 0 Å². The molecule has 0 aliphatic carbocycles. The fraction of sp³-hybridized carbons (Fsp3) is 0.238. The quantitative estimate of drug-likeness (QED) is 0.688. The highest BCUT2D eigenvalue weighted by Crippen LogP contribution is 2.50. The first-order chi connectivity index (χ1) is 13.4. The van der Waals surface area contributed by atoms with Crippen molar-refractivity contribution in [1.29, 1.82) is 0 Å². The van der Waals surface area contributed by atoms with E-state index in [9.17, 15) is 14.7 Å². The lowest BCUT2D eigenvalue weighted by Crippen LogP contribution is -2.53. The highest BCUT2D eigenvalue weighted by Gasteiger charge is 2.57. The minimum atomic E-state index is -1.32. The molecule has 2 amide bonds. The Kier molecular flexibility index (Phi) is 5.37. The van der Waals surface area contributed by atoms with Gasteiger partial charge in [0.25, 0.3) is 0 Å². The van der Waals surface area contributed by atoms with Crippen molar-refractivity contribution in [3.63, 3.8) is 0 Å². The first-order valence-electron chi connectivity index (χ1n) is 8.97. The van der Waals surface area contributed by atoms with E-state index >= 15 is 0 Å². The molecule has 146 valence electrons. The highest BCUT2D eigenvalue weighted by atomic mass is 16.5. The van der Waals surface area contributed by atoms with Crippen molar-refractivity contribution in [3.05, 3.63) is 83.1 Å². The van der Waals surface area contributed by atoms with Gasteiger partial charge in [0.15, 0.2) is 6.23 Å². The van der Waals surface area contributed by atoms with Crippen molar-refractivity contribution < 1.29 is 19.4 Å². The van der Waals surface area contributed by atoms with Gasteiger partial charge in [-0.25, -0.2) is 15.0 Å². The minimum Gasteiger partial charge on any atom is -0.463 e. The number of primary amides is 1. The number of nitrogens with one attached hydrogen (secondary N) is 1. The Hall–Kier alpha value is -3.32. The summed E-state index contributed by atoms with van der Waals surface area (Å²) in [5, 5.41) is 12.6. The van der Waals surface area contributed by atoms with Crippen LogP contribution in [0.25, 0.3) is 0 Å². The first-order valence-corrected chi connectivity index (χ1v) is 8.97. The molecule has 7 heteroatoms. The van der Waals surface area contributed by atoms with Gasteiger partial charge in [0.2, 0.25) is 0 Å². The monoisotopic (exact) mass is 381 g/mol. The number of urea groups is 1. The molecule has 0 spiro atoms. The van der Waals surface area contributed by atoms with Crippen molar-refractivity contribution in [2.24, 2.45) is 5.73 Å².